The summed E-state index contributed by atoms with van der Waals surface area (Å²) in [4.78, 5) is 12.2. The normalized spacial score (nSPS) is 17.4. The van der Waals surface area contributed by atoms with E-state index in [0.29, 0.717) is 0 Å². The van der Waals surface area contributed by atoms with E-state index in [4.69, 9.17) is 14.9 Å². The van der Waals surface area contributed by atoms with Crippen LogP contribution in [0.15, 0.2) is 51.0 Å². The lowest BCUT2D eigenvalue weighted by molar-refractivity contribution is -0.991. The van der Waals surface area contributed by atoms with Crippen molar-refractivity contribution in [2.24, 2.45) is 5.73 Å². The second-order valence-corrected chi connectivity index (χ2v) is 5.25. The Morgan fingerprint density at radius 1 is 1.40 bits per heavy atom. The Morgan fingerprint density at radius 2 is 2.12 bits per heavy atom. The number of hydrogen-bond acceptors (Lipinski definition) is 8. The largest absolute Gasteiger partial charge is 0.595 e. The van der Waals surface area contributed by atoms with Crippen molar-refractivity contribution in [3.8, 4) is 11.8 Å². The molecule has 0 fully saturated rings. The minimum Gasteiger partial charge on any atom is -0.595 e. The number of nitriles is 1. The zero-order chi connectivity index (χ0) is 18.1. The number of nitrogens with two attached hydrogens (primary N) is 1. The molecule has 1 aliphatic heterocycles. The number of quaternary nitrogens is 1. The first kappa shape index (κ1) is 16.7. The number of nitrogens with one attached hydrogen (secondary N) is 1. The molecular formula is C16H13N3O6. The summed E-state index contributed by atoms with van der Waals surface area (Å²) < 4.78 is 10.7. The summed E-state index contributed by atoms with van der Waals surface area (Å²) in [6, 6.07) is 8.92. The number of nitrogens with zero attached hydrogens (tertiary/aromatic N) is 1. The average molecular weight is 343 g/mol. The second kappa shape index (κ2) is 6.39. The predicted molar refractivity (Wildman–Crippen MR) is 82.4 cm³/mol. The van der Waals surface area contributed by atoms with Gasteiger partial charge < -0.3 is 25.2 Å². The van der Waals surface area contributed by atoms with E-state index < -0.39 is 23.2 Å². The lowest BCUT2D eigenvalue weighted by Gasteiger charge is -2.26. The Bertz CT molecular complexity index is 957. The molecule has 0 amide bonds. The van der Waals surface area contributed by atoms with Gasteiger partial charge >= 0.3 is 0 Å². The van der Waals surface area contributed by atoms with E-state index >= 15 is 0 Å². The van der Waals surface area contributed by atoms with Crippen LogP contribution in [0.5, 0.6) is 5.75 Å². The van der Waals surface area contributed by atoms with Gasteiger partial charge in [-0.3, -0.25) is 4.79 Å². The molecule has 0 saturated carbocycles. The van der Waals surface area contributed by atoms with Crippen LogP contribution in [0.1, 0.15) is 23.0 Å². The molecule has 0 saturated heterocycles. The third-order valence-corrected chi connectivity index (χ3v) is 3.79. The van der Waals surface area contributed by atoms with Crippen molar-refractivity contribution < 1.29 is 24.7 Å². The summed E-state index contributed by atoms with van der Waals surface area (Å²) in [5.74, 6) is -1.69. The maximum absolute atomic E-state index is 12.2. The second-order valence-electron chi connectivity index (χ2n) is 5.25. The first-order valence-electron chi connectivity index (χ1n) is 7.15. The minimum absolute atomic E-state index is 0.0390. The molecule has 1 aromatic carbocycles. The Labute approximate surface area is 140 Å². The lowest BCUT2D eigenvalue weighted by atomic mass is 9.86. The Kier molecular flexibility index (Phi) is 4.26. The van der Waals surface area contributed by atoms with Gasteiger partial charge in [0.15, 0.2) is 11.4 Å². The highest BCUT2D eigenvalue weighted by Gasteiger charge is 2.37. The van der Waals surface area contributed by atoms with Crippen LogP contribution >= 0.6 is 0 Å². The maximum atomic E-state index is 12.2. The number of fused-ring (bicyclic) bond motifs is 1. The molecule has 0 radical (unpaired) electrons. The average Bonchev–Trinajstić information content (AvgIpc) is 2.61. The van der Waals surface area contributed by atoms with Crippen molar-refractivity contribution in [2.75, 3.05) is 0 Å². The number of aliphatic hydroxyl groups excluding tert-OH is 1. The number of hydrogen-bond donors (Lipinski definition) is 4. The standard InChI is InChI=1S/C16H13N3O6/c17-6-10-13(9-3-1-2-4-11(9)19(22)23)15-14(25-16(10)18)12(21)5-8(7-20)24-15/h1-5,13,19-20,22H,7,18H2/t13-/m1/s1. The topological polar surface area (TPSA) is 157 Å². The fourth-order valence-electron chi connectivity index (χ4n) is 2.72. The van der Waals surface area contributed by atoms with Gasteiger partial charge in [0.25, 0.3) is 0 Å². The zero-order valence-electron chi connectivity index (χ0n) is 12.7. The molecule has 25 heavy (non-hydrogen) atoms. The maximum Gasteiger partial charge on any atom is 0.228 e. The summed E-state index contributed by atoms with van der Waals surface area (Å²) in [6.45, 7) is -0.545. The Hall–Kier alpha value is -3.16. The first-order valence-corrected chi connectivity index (χ1v) is 7.15. The third kappa shape index (κ3) is 2.75. The van der Waals surface area contributed by atoms with Crippen LogP contribution in [0, 0.1) is 16.5 Å². The molecule has 2 heterocycles. The fourth-order valence-corrected chi connectivity index (χ4v) is 2.72. The van der Waals surface area contributed by atoms with E-state index in [-0.39, 0.29) is 40.0 Å². The number of aliphatic hydroxyl groups is 1. The van der Waals surface area contributed by atoms with Crippen molar-refractivity contribution in [1.29, 1.82) is 5.26 Å². The van der Waals surface area contributed by atoms with Gasteiger partial charge in [0, 0.05) is 17.7 Å². The SMILES string of the molecule is N#CC1=C(N)Oc2c(oc(CO)cc2=O)[C@@H]1c1ccccc1[NH+]([O-])O. The van der Waals surface area contributed by atoms with Crippen molar-refractivity contribution in [1.82, 2.24) is 0 Å². The van der Waals surface area contributed by atoms with Gasteiger partial charge in [-0.2, -0.15) is 10.5 Å². The van der Waals surface area contributed by atoms with E-state index in [1.807, 2.05) is 6.07 Å². The van der Waals surface area contributed by atoms with E-state index in [9.17, 15) is 25.6 Å². The number of rotatable bonds is 3. The molecular weight excluding hydrogens is 330 g/mol. The molecule has 5 N–H and O–H groups in total. The van der Waals surface area contributed by atoms with Gasteiger partial charge in [0.2, 0.25) is 17.1 Å². The molecule has 1 unspecified atom stereocenters. The number of para-hydroxylation sites is 1. The molecule has 0 aliphatic carbocycles. The Balaban J connectivity index is 2.34. The summed E-state index contributed by atoms with van der Waals surface area (Å²) in [7, 11) is 0. The van der Waals surface area contributed by atoms with Gasteiger partial charge in [0.1, 0.15) is 24.0 Å². The molecule has 128 valence electrons. The van der Waals surface area contributed by atoms with Crippen molar-refractivity contribution in [3.05, 3.63) is 74.3 Å². The molecule has 9 heteroatoms. The van der Waals surface area contributed by atoms with Gasteiger partial charge in [-0.15, -0.1) is 0 Å². The molecule has 1 aliphatic rings. The van der Waals surface area contributed by atoms with Crippen LogP contribution < -0.4 is 21.1 Å². The van der Waals surface area contributed by atoms with Crippen LogP contribution in [0.3, 0.4) is 0 Å². The van der Waals surface area contributed by atoms with E-state index in [2.05, 4.69) is 0 Å². The molecule has 3 rings (SSSR count). The number of benzene rings is 1. The predicted octanol–water partition coefficient (Wildman–Crippen LogP) is -0.246. The highest BCUT2D eigenvalue weighted by molar-refractivity contribution is 5.57. The summed E-state index contributed by atoms with van der Waals surface area (Å²) in [5, 5.41) is 38.5. The smallest absolute Gasteiger partial charge is 0.228 e. The van der Waals surface area contributed by atoms with Gasteiger partial charge in [-0.25, -0.2) is 5.21 Å². The molecule has 9 nitrogen and oxygen atoms in total. The molecule has 0 spiro atoms. The molecule has 1 aromatic heterocycles. The van der Waals surface area contributed by atoms with Crippen LogP contribution in [0.2, 0.25) is 0 Å². The fraction of sp³-hybridized carbons (Fsp3) is 0.125. The van der Waals surface area contributed by atoms with Gasteiger partial charge in [-0.05, 0) is 0 Å². The van der Waals surface area contributed by atoms with Crippen LogP contribution in [0.25, 0.3) is 0 Å². The number of ether oxygens (including phenoxy) is 1. The van der Waals surface area contributed by atoms with Crippen molar-refractivity contribution >= 4 is 5.69 Å². The highest BCUT2D eigenvalue weighted by Crippen LogP contribution is 2.42. The van der Waals surface area contributed by atoms with E-state index in [1.165, 1.54) is 18.2 Å². The molecule has 0 bridgehead atoms. The quantitative estimate of drug-likeness (QED) is 0.556. The molecule has 2 atom stereocenters. The minimum atomic E-state index is -1.21. The van der Waals surface area contributed by atoms with E-state index in [1.54, 1.807) is 6.07 Å². The summed E-state index contributed by atoms with van der Waals surface area (Å²) in [6.07, 6.45) is 0. The molecule has 2 aromatic rings. The van der Waals surface area contributed by atoms with Gasteiger partial charge in [-0.1, -0.05) is 18.2 Å². The van der Waals surface area contributed by atoms with Crippen LogP contribution in [0.4, 0.5) is 5.69 Å². The highest BCUT2D eigenvalue weighted by atomic mass is 16.8. The zero-order valence-corrected chi connectivity index (χ0v) is 12.7. The van der Waals surface area contributed by atoms with Crippen molar-refractivity contribution in [2.45, 2.75) is 12.5 Å². The van der Waals surface area contributed by atoms with E-state index in [0.717, 1.165) is 6.07 Å². The first-order chi connectivity index (χ1) is 12.0. The lowest BCUT2D eigenvalue weighted by Crippen LogP contribution is -2.99. The third-order valence-electron chi connectivity index (χ3n) is 3.79. The summed E-state index contributed by atoms with van der Waals surface area (Å²) >= 11 is 0. The van der Waals surface area contributed by atoms with Crippen LogP contribution in [-0.2, 0) is 6.61 Å². The monoisotopic (exact) mass is 343 g/mol. The van der Waals surface area contributed by atoms with Crippen molar-refractivity contribution in [3.63, 3.8) is 0 Å². The summed E-state index contributed by atoms with van der Waals surface area (Å²) in [5.41, 5.74) is 5.23. The Morgan fingerprint density at radius 3 is 2.76 bits per heavy atom. The van der Waals surface area contributed by atoms with Gasteiger partial charge in [0.05, 0.1) is 5.92 Å². The van der Waals surface area contributed by atoms with Crippen LogP contribution in [-0.4, -0.2) is 10.3 Å². The number of allylic oxidation sites excluding steroid dienone is 1.